The first-order chi connectivity index (χ1) is 7.66. The van der Waals surface area contributed by atoms with E-state index in [1.807, 2.05) is 30.3 Å². The Morgan fingerprint density at radius 1 is 1.38 bits per heavy atom. The molecule has 1 heterocycles. The first-order valence-electron chi connectivity index (χ1n) is 4.86. The van der Waals surface area contributed by atoms with Crippen molar-refractivity contribution in [3.63, 3.8) is 0 Å². The van der Waals surface area contributed by atoms with Gasteiger partial charge in [-0.2, -0.15) is 5.10 Å². The summed E-state index contributed by atoms with van der Waals surface area (Å²) in [4.78, 5) is 14.8. The summed E-state index contributed by atoms with van der Waals surface area (Å²) in [6, 6.07) is 9.36. The fraction of sp³-hybridized carbons (Fsp3) is 0.182. The van der Waals surface area contributed by atoms with E-state index < -0.39 is 5.97 Å². The molecule has 0 unspecified atom stereocenters. The summed E-state index contributed by atoms with van der Waals surface area (Å²) >= 11 is 0. The molecule has 0 saturated heterocycles. The normalized spacial score (nSPS) is 10.3. The zero-order valence-electron chi connectivity index (χ0n) is 8.79. The Bertz CT molecular complexity index is 505. The highest BCUT2D eigenvalue weighted by atomic mass is 16.4. The number of para-hydroxylation sites is 1. The van der Waals surface area contributed by atoms with E-state index in [1.54, 1.807) is 11.6 Å². The smallest absolute Gasteiger partial charge is 0.311 e. The molecule has 5 heteroatoms. The molecule has 0 amide bonds. The lowest BCUT2D eigenvalue weighted by Crippen LogP contribution is -2.08. The molecular formula is C11H11N3O2. The van der Waals surface area contributed by atoms with Crippen molar-refractivity contribution in [1.29, 1.82) is 0 Å². The summed E-state index contributed by atoms with van der Waals surface area (Å²) in [5.74, 6) is 0.0980. The van der Waals surface area contributed by atoms with E-state index in [-0.39, 0.29) is 6.42 Å². The topological polar surface area (TPSA) is 68.0 Å². The van der Waals surface area contributed by atoms with E-state index in [4.69, 9.17) is 5.11 Å². The average Bonchev–Trinajstić information content (AvgIpc) is 2.60. The minimum atomic E-state index is -0.912. The average molecular weight is 217 g/mol. The van der Waals surface area contributed by atoms with Gasteiger partial charge in [-0.05, 0) is 19.1 Å². The van der Waals surface area contributed by atoms with Crippen LogP contribution in [-0.2, 0) is 11.2 Å². The van der Waals surface area contributed by atoms with Crippen LogP contribution < -0.4 is 0 Å². The zero-order chi connectivity index (χ0) is 11.5. The van der Waals surface area contributed by atoms with Gasteiger partial charge >= 0.3 is 5.97 Å². The molecular weight excluding hydrogens is 206 g/mol. The van der Waals surface area contributed by atoms with E-state index in [1.165, 1.54) is 0 Å². The first kappa shape index (κ1) is 10.4. The summed E-state index contributed by atoms with van der Waals surface area (Å²) in [6.07, 6.45) is -0.129. The molecule has 0 saturated carbocycles. The molecule has 2 aromatic rings. The van der Waals surface area contributed by atoms with Crippen LogP contribution in [0.5, 0.6) is 0 Å². The predicted molar refractivity (Wildman–Crippen MR) is 57.4 cm³/mol. The molecule has 82 valence electrons. The van der Waals surface area contributed by atoms with Gasteiger partial charge in [-0.1, -0.05) is 18.2 Å². The summed E-state index contributed by atoms with van der Waals surface area (Å²) in [5, 5.41) is 12.9. The van der Waals surface area contributed by atoms with Gasteiger partial charge in [-0.25, -0.2) is 9.67 Å². The van der Waals surface area contributed by atoms with Crippen LogP contribution in [0.15, 0.2) is 30.3 Å². The summed E-state index contributed by atoms with van der Waals surface area (Å²) in [5.41, 5.74) is 0.819. The molecule has 0 aliphatic carbocycles. The standard InChI is InChI=1S/C11H11N3O2/c1-8-12-10(7-11(15)16)14(13-8)9-5-3-2-4-6-9/h2-6H,7H2,1H3,(H,15,16). The number of aryl methyl sites for hydroxylation is 1. The minimum absolute atomic E-state index is 0.129. The van der Waals surface area contributed by atoms with Crippen LogP contribution in [0.1, 0.15) is 11.6 Å². The number of benzene rings is 1. The first-order valence-corrected chi connectivity index (χ1v) is 4.86. The van der Waals surface area contributed by atoms with Crippen LogP contribution in [0.3, 0.4) is 0 Å². The maximum atomic E-state index is 10.7. The van der Waals surface area contributed by atoms with Crippen LogP contribution >= 0.6 is 0 Å². The second-order valence-corrected chi connectivity index (χ2v) is 3.39. The Labute approximate surface area is 92.4 Å². The number of hydrogen-bond acceptors (Lipinski definition) is 3. The highest BCUT2D eigenvalue weighted by Gasteiger charge is 2.12. The Morgan fingerprint density at radius 3 is 2.69 bits per heavy atom. The second kappa shape index (κ2) is 4.14. The molecule has 0 aliphatic heterocycles. The molecule has 1 aromatic carbocycles. The van der Waals surface area contributed by atoms with Gasteiger partial charge in [0.05, 0.1) is 5.69 Å². The number of carboxylic acid groups (broad SMARTS) is 1. The highest BCUT2D eigenvalue weighted by molar-refractivity contribution is 5.69. The molecule has 0 bridgehead atoms. The molecule has 1 N–H and O–H groups in total. The van der Waals surface area contributed by atoms with Crippen molar-refractivity contribution in [2.24, 2.45) is 0 Å². The maximum Gasteiger partial charge on any atom is 0.311 e. The fourth-order valence-corrected chi connectivity index (χ4v) is 1.48. The van der Waals surface area contributed by atoms with E-state index >= 15 is 0 Å². The zero-order valence-corrected chi connectivity index (χ0v) is 8.79. The van der Waals surface area contributed by atoms with E-state index in [9.17, 15) is 4.79 Å². The molecule has 1 aromatic heterocycles. The van der Waals surface area contributed by atoms with E-state index in [2.05, 4.69) is 10.1 Å². The molecule has 2 rings (SSSR count). The number of rotatable bonds is 3. The van der Waals surface area contributed by atoms with Gasteiger partial charge in [-0.3, -0.25) is 4.79 Å². The third-order valence-electron chi connectivity index (χ3n) is 2.09. The SMILES string of the molecule is Cc1nc(CC(=O)O)n(-c2ccccc2)n1. The Hall–Kier alpha value is -2.17. The lowest BCUT2D eigenvalue weighted by atomic mass is 10.3. The molecule has 0 radical (unpaired) electrons. The van der Waals surface area contributed by atoms with E-state index in [0.717, 1.165) is 5.69 Å². The van der Waals surface area contributed by atoms with Gasteiger partial charge in [0.15, 0.2) is 0 Å². The number of carbonyl (C=O) groups is 1. The molecule has 0 fully saturated rings. The van der Waals surface area contributed by atoms with Crippen molar-refractivity contribution in [3.8, 4) is 5.69 Å². The van der Waals surface area contributed by atoms with E-state index in [0.29, 0.717) is 11.6 Å². The quantitative estimate of drug-likeness (QED) is 0.838. The van der Waals surface area contributed by atoms with Crippen LogP contribution in [0.4, 0.5) is 0 Å². The van der Waals surface area contributed by atoms with Gasteiger partial charge in [0.2, 0.25) is 0 Å². The summed E-state index contributed by atoms with van der Waals surface area (Å²) < 4.78 is 1.56. The predicted octanol–water partition coefficient (Wildman–Crippen LogP) is 1.20. The number of aromatic nitrogens is 3. The largest absolute Gasteiger partial charge is 0.481 e. The van der Waals surface area contributed by atoms with Crippen molar-refractivity contribution in [1.82, 2.24) is 14.8 Å². The van der Waals surface area contributed by atoms with Gasteiger partial charge in [0.25, 0.3) is 0 Å². The summed E-state index contributed by atoms with van der Waals surface area (Å²) in [6.45, 7) is 1.74. The Morgan fingerprint density at radius 2 is 2.06 bits per heavy atom. The van der Waals surface area contributed by atoms with Crippen molar-refractivity contribution in [3.05, 3.63) is 42.0 Å². The number of nitrogens with zero attached hydrogens (tertiary/aromatic N) is 3. The third kappa shape index (κ3) is 2.08. The maximum absolute atomic E-state index is 10.7. The van der Waals surface area contributed by atoms with Crippen molar-refractivity contribution >= 4 is 5.97 Å². The Kier molecular flexibility index (Phi) is 2.68. The van der Waals surface area contributed by atoms with Crippen molar-refractivity contribution in [2.45, 2.75) is 13.3 Å². The number of carboxylic acids is 1. The van der Waals surface area contributed by atoms with Crippen LogP contribution in [-0.4, -0.2) is 25.8 Å². The lowest BCUT2D eigenvalue weighted by Gasteiger charge is -2.03. The van der Waals surface area contributed by atoms with Crippen LogP contribution in [0.2, 0.25) is 0 Å². The van der Waals surface area contributed by atoms with Crippen LogP contribution in [0, 0.1) is 6.92 Å². The summed E-state index contributed by atoms with van der Waals surface area (Å²) in [7, 11) is 0. The second-order valence-electron chi connectivity index (χ2n) is 3.39. The Balaban J connectivity index is 2.44. The van der Waals surface area contributed by atoms with Crippen molar-refractivity contribution < 1.29 is 9.90 Å². The molecule has 16 heavy (non-hydrogen) atoms. The van der Waals surface area contributed by atoms with Gasteiger partial charge in [-0.15, -0.1) is 0 Å². The number of hydrogen-bond donors (Lipinski definition) is 1. The van der Waals surface area contributed by atoms with Crippen molar-refractivity contribution in [2.75, 3.05) is 0 Å². The lowest BCUT2D eigenvalue weighted by molar-refractivity contribution is -0.136. The van der Waals surface area contributed by atoms with Crippen LogP contribution in [0.25, 0.3) is 5.69 Å². The van der Waals surface area contributed by atoms with Gasteiger partial charge < -0.3 is 5.11 Å². The number of aliphatic carboxylic acids is 1. The molecule has 5 nitrogen and oxygen atoms in total. The van der Waals surface area contributed by atoms with Gasteiger partial charge in [0.1, 0.15) is 18.1 Å². The molecule has 0 atom stereocenters. The third-order valence-corrected chi connectivity index (χ3v) is 2.09. The van der Waals surface area contributed by atoms with Gasteiger partial charge in [0, 0.05) is 0 Å². The highest BCUT2D eigenvalue weighted by Crippen LogP contribution is 2.09. The molecule has 0 spiro atoms. The monoisotopic (exact) mass is 217 g/mol. The minimum Gasteiger partial charge on any atom is -0.481 e. The fourth-order valence-electron chi connectivity index (χ4n) is 1.48. The molecule has 0 aliphatic rings.